The quantitative estimate of drug-likeness (QED) is 0.597. The summed E-state index contributed by atoms with van der Waals surface area (Å²) in [5.41, 5.74) is 4.63. The van der Waals surface area contributed by atoms with Gasteiger partial charge in [-0.25, -0.2) is 24.6 Å². The third-order valence-electron chi connectivity index (χ3n) is 4.22. The molecule has 4 heterocycles. The van der Waals surface area contributed by atoms with Gasteiger partial charge in [-0.2, -0.15) is 5.10 Å². The maximum Gasteiger partial charge on any atom is 0.165 e. The number of nitrogens with one attached hydrogen (secondary N) is 1. The summed E-state index contributed by atoms with van der Waals surface area (Å²) in [5, 5.41) is 7.93. The molecule has 0 aliphatic rings. The number of nitrogens with zero attached hydrogens (tertiary/aromatic N) is 7. The molecule has 0 bridgehead atoms. The van der Waals surface area contributed by atoms with Crippen molar-refractivity contribution in [2.24, 2.45) is 7.05 Å². The van der Waals surface area contributed by atoms with Gasteiger partial charge in [0.05, 0.1) is 23.9 Å². The van der Waals surface area contributed by atoms with Gasteiger partial charge in [0.25, 0.3) is 0 Å². The van der Waals surface area contributed by atoms with E-state index in [2.05, 4.69) is 37.3 Å². The van der Waals surface area contributed by atoms with Gasteiger partial charge in [0, 0.05) is 13.2 Å². The standard InChI is InChI=1S/C18H20N8/c1-4-5-14-13(9-23-26(14)15-8-12(2)6-7-19-15)24-17-16-18(21-10-20-17)25(3)11-22-16/h6-11H,4-5H2,1-3H3,(H,20,21,24). The molecule has 4 aromatic rings. The first-order chi connectivity index (χ1) is 12.7. The summed E-state index contributed by atoms with van der Waals surface area (Å²) in [4.78, 5) is 17.5. The van der Waals surface area contributed by atoms with E-state index in [-0.39, 0.29) is 0 Å². The molecule has 1 N–H and O–H groups in total. The van der Waals surface area contributed by atoms with E-state index in [0.29, 0.717) is 5.82 Å². The number of imidazole rings is 1. The maximum atomic E-state index is 4.55. The average Bonchev–Trinajstić information content (AvgIpc) is 3.21. The van der Waals surface area contributed by atoms with Crippen LogP contribution in [0.2, 0.25) is 0 Å². The maximum absolute atomic E-state index is 4.55. The van der Waals surface area contributed by atoms with Gasteiger partial charge in [0.2, 0.25) is 0 Å². The summed E-state index contributed by atoms with van der Waals surface area (Å²) >= 11 is 0. The minimum Gasteiger partial charge on any atom is -0.335 e. The minimum absolute atomic E-state index is 0.671. The molecule has 0 saturated heterocycles. The summed E-state index contributed by atoms with van der Waals surface area (Å²) in [7, 11) is 1.91. The lowest BCUT2D eigenvalue weighted by Gasteiger charge is -2.10. The highest BCUT2D eigenvalue weighted by molar-refractivity contribution is 5.85. The molecular weight excluding hydrogens is 328 g/mol. The number of hydrogen-bond donors (Lipinski definition) is 1. The molecule has 0 amide bonds. The van der Waals surface area contributed by atoms with Crippen LogP contribution in [-0.4, -0.2) is 34.3 Å². The monoisotopic (exact) mass is 348 g/mol. The van der Waals surface area contributed by atoms with E-state index < -0.39 is 0 Å². The van der Waals surface area contributed by atoms with Crippen LogP contribution in [0.15, 0.2) is 37.2 Å². The fourth-order valence-corrected chi connectivity index (χ4v) is 2.95. The van der Waals surface area contributed by atoms with Gasteiger partial charge in [0.1, 0.15) is 6.33 Å². The van der Waals surface area contributed by atoms with Crippen LogP contribution in [-0.2, 0) is 13.5 Å². The first-order valence-corrected chi connectivity index (χ1v) is 8.56. The molecule has 8 nitrogen and oxygen atoms in total. The van der Waals surface area contributed by atoms with Crippen molar-refractivity contribution >= 4 is 22.7 Å². The first kappa shape index (κ1) is 16.2. The highest BCUT2D eigenvalue weighted by Gasteiger charge is 2.15. The average molecular weight is 348 g/mol. The third kappa shape index (κ3) is 2.79. The zero-order chi connectivity index (χ0) is 18.1. The van der Waals surface area contributed by atoms with Gasteiger partial charge in [-0.3, -0.25) is 0 Å². The summed E-state index contributed by atoms with van der Waals surface area (Å²) < 4.78 is 3.75. The number of fused-ring (bicyclic) bond motifs is 1. The first-order valence-electron chi connectivity index (χ1n) is 8.56. The largest absolute Gasteiger partial charge is 0.335 e. The van der Waals surface area contributed by atoms with Crippen molar-refractivity contribution in [2.75, 3.05) is 5.32 Å². The van der Waals surface area contributed by atoms with Gasteiger partial charge >= 0.3 is 0 Å². The summed E-state index contributed by atoms with van der Waals surface area (Å²) in [6, 6.07) is 4.00. The van der Waals surface area contributed by atoms with Crippen molar-refractivity contribution in [1.29, 1.82) is 0 Å². The molecule has 0 radical (unpaired) electrons. The molecular formula is C18H20N8. The molecule has 0 unspecified atom stereocenters. The van der Waals surface area contributed by atoms with E-state index in [9.17, 15) is 0 Å². The second-order valence-electron chi connectivity index (χ2n) is 6.23. The van der Waals surface area contributed by atoms with Crippen molar-refractivity contribution < 1.29 is 0 Å². The Morgan fingerprint density at radius 1 is 1.15 bits per heavy atom. The molecule has 0 aliphatic heterocycles. The van der Waals surface area contributed by atoms with Crippen LogP contribution in [0.4, 0.5) is 11.5 Å². The van der Waals surface area contributed by atoms with E-state index in [1.54, 1.807) is 18.9 Å². The Kier molecular flexibility index (Phi) is 4.08. The molecule has 4 rings (SSSR count). The van der Waals surface area contributed by atoms with Gasteiger partial charge < -0.3 is 9.88 Å². The lowest BCUT2D eigenvalue weighted by molar-refractivity contribution is 0.758. The van der Waals surface area contributed by atoms with E-state index in [1.165, 1.54) is 0 Å². The normalized spacial score (nSPS) is 11.2. The molecule has 0 fully saturated rings. The summed E-state index contributed by atoms with van der Waals surface area (Å²) in [5.74, 6) is 1.48. The van der Waals surface area contributed by atoms with Crippen molar-refractivity contribution in [3.05, 3.63) is 48.4 Å². The Bertz CT molecular complexity index is 1060. The van der Waals surface area contributed by atoms with Gasteiger partial charge in [-0.15, -0.1) is 0 Å². The Hall–Kier alpha value is -3.29. The van der Waals surface area contributed by atoms with E-state index in [4.69, 9.17) is 0 Å². The van der Waals surface area contributed by atoms with E-state index >= 15 is 0 Å². The number of aromatic nitrogens is 7. The lowest BCUT2D eigenvalue weighted by Crippen LogP contribution is -2.06. The van der Waals surface area contributed by atoms with Crippen LogP contribution < -0.4 is 5.32 Å². The van der Waals surface area contributed by atoms with Crippen LogP contribution in [0, 0.1) is 6.92 Å². The van der Waals surface area contributed by atoms with Gasteiger partial charge in [-0.1, -0.05) is 13.3 Å². The van der Waals surface area contributed by atoms with Crippen LogP contribution in [0.5, 0.6) is 0 Å². The molecule has 0 aliphatic carbocycles. The molecule has 8 heteroatoms. The van der Waals surface area contributed by atoms with Crippen LogP contribution in [0.25, 0.3) is 17.0 Å². The number of aryl methyl sites for hydroxylation is 2. The van der Waals surface area contributed by atoms with Crippen molar-refractivity contribution in [2.45, 2.75) is 26.7 Å². The number of pyridine rings is 1. The van der Waals surface area contributed by atoms with Crippen molar-refractivity contribution in [1.82, 2.24) is 34.3 Å². The van der Waals surface area contributed by atoms with Gasteiger partial charge in [-0.05, 0) is 31.0 Å². The topological polar surface area (TPSA) is 86.3 Å². The van der Waals surface area contributed by atoms with E-state index in [1.807, 2.05) is 41.5 Å². The fourth-order valence-electron chi connectivity index (χ4n) is 2.95. The predicted molar refractivity (Wildman–Crippen MR) is 99.7 cm³/mol. The van der Waals surface area contributed by atoms with Gasteiger partial charge in [0.15, 0.2) is 22.8 Å². The zero-order valence-electron chi connectivity index (χ0n) is 15.0. The predicted octanol–water partition coefficient (Wildman–Crippen LogP) is 2.95. The number of rotatable bonds is 5. The van der Waals surface area contributed by atoms with E-state index in [0.717, 1.165) is 46.8 Å². The molecule has 0 saturated carbocycles. The lowest BCUT2D eigenvalue weighted by atomic mass is 10.2. The molecule has 4 aromatic heterocycles. The minimum atomic E-state index is 0.671. The number of anilines is 2. The third-order valence-corrected chi connectivity index (χ3v) is 4.22. The van der Waals surface area contributed by atoms with Crippen LogP contribution >= 0.6 is 0 Å². The molecule has 0 spiro atoms. The SMILES string of the molecule is CCCc1c(Nc2ncnc3c2ncn3C)cnn1-c1cc(C)ccn1. The summed E-state index contributed by atoms with van der Waals surface area (Å²) in [6.07, 6.45) is 8.75. The van der Waals surface area contributed by atoms with Crippen molar-refractivity contribution in [3.63, 3.8) is 0 Å². The molecule has 132 valence electrons. The van der Waals surface area contributed by atoms with Crippen molar-refractivity contribution in [3.8, 4) is 5.82 Å². The molecule has 0 aromatic carbocycles. The van der Waals surface area contributed by atoms with Crippen LogP contribution in [0.3, 0.4) is 0 Å². The molecule has 0 atom stereocenters. The highest BCUT2D eigenvalue weighted by atomic mass is 15.3. The Morgan fingerprint density at radius 2 is 2.04 bits per heavy atom. The molecule has 26 heavy (non-hydrogen) atoms. The Balaban J connectivity index is 1.77. The zero-order valence-corrected chi connectivity index (χ0v) is 15.0. The van der Waals surface area contributed by atoms with Crippen LogP contribution in [0.1, 0.15) is 24.6 Å². The Labute approximate surface area is 151 Å². The second kappa shape index (κ2) is 6.55. The number of hydrogen-bond acceptors (Lipinski definition) is 6. The smallest absolute Gasteiger partial charge is 0.165 e. The summed E-state index contributed by atoms with van der Waals surface area (Å²) in [6.45, 7) is 4.19. The Morgan fingerprint density at radius 3 is 2.85 bits per heavy atom. The second-order valence-corrected chi connectivity index (χ2v) is 6.23. The fraction of sp³-hybridized carbons (Fsp3) is 0.278. The highest BCUT2D eigenvalue weighted by Crippen LogP contribution is 2.26.